The lowest BCUT2D eigenvalue weighted by Gasteiger charge is -2.22. The molecule has 0 bridgehead atoms. The first-order valence-corrected chi connectivity index (χ1v) is 9.00. The molecule has 1 amide bonds. The van der Waals surface area contributed by atoms with E-state index in [0.29, 0.717) is 18.8 Å². The molecule has 7 heteroatoms. The van der Waals surface area contributed by atoms with E-state index in [9.17, 15) is 9.59 Å². The first-order valence-electron chi connectivity index (χ1n) is 9.00. The summed E-state index contributed by atoms with van der Waals surface area (Å²) in [7, 11) is 0. The van der Waals surface area contributed by atoms with Gasteiger partial charge in [0.05, 0.1) is 5.69 Å². The van der Waals surface area contributed by atoms with Crippen molar-refractivity contribution in [3.8, 4) is 5.69 Å². The van der Waals surface area contributed by atoms with Crippen molar-refractivity contribution in [2.24, 2.45) is 0 Å². The van der Waals surface area contributed by atoms with Crippen LogP contribution in [-0.4, -0.2) is 37.1 Å². The zero-order valence-electron chi connectivity index (χ0n) is 15.6. The summed E-state index contributed by atoms with van der Waals surface area (Å²) in [5.74, 6) is -0.153. The van der Waals surface area contributed by atoms with E-state index in [2.05, 4.69) is 10.4 Å². The second-order valence-corrected chi connectivity index (χ2v) is 6.47. The third-order valence-electron chi connectivity index (χ3n) is 4.27. The van der Waals surface area contributed by atoms with Crippen LogP contribution in [0.15, 0.2) is 59.4 Å². The number of benzene rings is 2. The predicted octanol–water partition coefficient (Wildman–Crippen LogP) is 2.18. The molecular formula is C20H23N5O2. The van der Waals surface area contributed by atoms with Crippen LogP contribution in [0.1, 0.15) is 24.5 Å². The standard InChI is InChI=1S/C20H23N5O2/c1-3-13-23(14-17-11-9-16(2)10-12-17)19(26)15-24-20(27)25(22-21-24)18-7-5-4-6-8-18/h4-12H,3,13-15H2,1-2H3. The SMILES string of the molecule is CCCN(Cc1ccc(C)cc1)C(=O)Cn1nnn(-c2ccccc2)c1=O. The molecule has 3 aromatic rings. The molecular weight excluding hydrogens is 342 g/mol. The van der Waals surface area contributed by atoms with Gasteiger partial charge < -0.3 is 4.90 Å². The summed E-state index contributed by atoms with van der Waals surface area (Å²) in [6.07, 6.45) is 0.837. The van der Waals surface area contributed by atoms with E-state index >= 15 is 0 Å². The number of tetrazole rings is 1. The van der Waals surface area contributed by atoms with E-state index in [1.54, 1.807) is 17.0 Å². The topological polar surface area (TPSA) is 73.0 Å². The van der Waals surface area contributed by atoms with Gasteiger partial charge >= 0.3 is 5.69 Å². The van der Waals surface area contributed by atoms with Gasteiger partial charge in [0.2, 0.25) is 5.91 Å². The number of aromatic nitrogens is 4. The molecule has 3 rings (SSSR count). The van der Waals surface area contributed by atoms with Gasteiger partial charge in [-0.1, -0.05) is 55.0 Å². The van der Waals surface area contributed by atoms with E-state index in [1.165, 1.54) is 10.2 Å². The predicted molar refractivity (Wildman–Crippen MR) is 103 cm³/mol. The molecule has 1 aromatic heterocycles. The Kier molecular flexibility index (Phi) is 5.80. The maximum absolute atomic E-state index is 12.8. The molecule has 0 fully saturated rings. The Labute approximate surface area is 157 Å². The third-order valence-corrected chi connectivity index (χ3v) is 4.27. The maximum Gasteiger partial charge on any atom is 0.368 e. The monoisotopic (exact) mass is 365 g/mol. The van der Waals surface area contributed by atoms with Gasteiger partial charge in [0, 0.05) is 13.1 Å². The molecule has 0 aliphatic heterocycles. The van der Waals surface area contributed by atoms with Crippen molar-refractivity contribution in [1.29, 1.82) is 0 Å². The lowest BCUT2D eigenvalue weighted by atomic mass is 10.1. The molecule has 27 heavy (non-hydrogen) atoms. The Balaban J connectivity index is 1.75. The molecule has 0 aliphatic rings. The zero-order chi connectivity index (χ0) is 19.2. The maximum atomic E-state index is 12.8. The first kappa shape index (κ1) is 18.6. The highest BCUT2D eigenvalue weighted by atomic mass is 16.2. The van der Waals surface area contributed by atoms with Gasteiger partial charge in [-0.25, -0.2) is 4.79 Å². The molecule has 0 spiro atoms. The normalized spacial score (nSPS) is 10.7. The number of nitrogens with zero attached hydrogens (tertiary/aromatic N) is 5. The number of para-hydroxylation sites is 1. The van der Waals surface area contributed by atoms with Crippen molar-refractivity contribution in [2.75, 3.05) is 6.54 Å². The number of carbonyl (C=O) groups is 1. The van der Waals surface area contributed by atoms with E-state index < -0.39 is 5.69 Å². The number of rotatable bonds is 7. The minimum Gasteiger partial charge on any atom is -0.337 e. The summed E-state index contributed by atoms with van der Waals surface area (Å²) in [6.45, 7) is 5.05. The van der Waals surface area contributed by atoms with Crippen LogP contribution in [0.25, 0.3) is 5.69 Å². The van der Waals surface area contributed by atoms with Gasteiger partial charge in [0.15, 0.2) is 0 Å². The summed E-state index contributed by atoms with van der Waals surface area (Å²) in [6, 6.07) is 17.1. The van der Waals surface area contributed by atoms with Crippen molar-refractivity contribution in [3.05, 3.63) is 76.2 Å². The molecule has 1 heterocycles. The number of aryl methyl sites for hydroxylation is 1. The second-order valence-electron chi connectivity index (χ2n) is 6.47. The smallest absolute Gasteiger partial charge is 0.337 e. The van der Waals surface area contributed by atoms with Crippen LogP contribution >= 0.6 is 0 Å². The van der Waals surface area contributed by atoms with Gasteiger partial charge in [-0.05, 0) is 41.5 Å². The number of hydrogen-bond acceptors (Lipinski definition) is 4. The molecule has 0 N–H and O–H groups in total. The van der Waals surface area contributed by atoms with Crippen LogP contribution in [0.4, 0.5) is 0 Å². The van der Waals surface area contributed by atoms with Crippen molar-refractivity contribution in [2.45, 2.75) is 33.4 Å². The fourth-order valence-corrected chi connectivity index (χ4v) is 2.81. The third kappa shape index (κ3) is 4.49. The van der Waals surface area contributed by atoms with Gasteiger partial charge in [-0.3, -0.25) is 4.79 Å². The van der Waals surface area contributed by atoms with Crippen LogP contribution in [0.5, 0.6) is 0 Å². The van der Waals surface area contributed by atoms with E-state index in [1.807, 2.05) is 56.3 Å². The van der Waals surface area contributed by atoms with Crippen molar-refractivity contribution < 1.29 is 4.79 Å². The van der Waals surface area contributed by atoms with Gasteiger partial charge in [-0.15, -0.1) is 0 Å². The summed E-state index contributed by atoms with van der Waals surface area (Å²) < 4.78 is 2.30. The molecule has 0 saturated heterocycles. The molecule has 0 atom stereocenters. The summed E-state index contributed by atoms with van der Waals surface area (Å²) in [5.41, 5.74) is 2.42. The Morgan fingerprint density at radius 1 is 1.04 bits per heavy atom. The number of amides is 1. The van der Waals surface area contributed by atoms with Gasteiger partial charge in [-0.2, -0.15) is 9.36 Å². The minimum absolute atomic E-state index is 0.127. The second kappa shape index (κ2) is 8.44. The number of carbonyl (C=O) groups excluding carboxylic acids is 1. The lowest BCUT2D eigenvalue weighted by Crippen LogP contribution is -2.37. The zero-order valence-corrected chi connectivity index (χ0v) is 15.6. The van der Waals surface area contributed by atoms with Crippen LogP contribution in [0.3, 0.4) is 0 Å². The average molecular weight is 365 g/mol. The minimum atomic E-state index is -0.429. The summed E-state index contributed by atoms with van der Waals surface area (Å²) in [5, 5.41) is 7.75. The fraction of sp³-hybridized carbons (Fsp3) is 0.300. The molecule has 0 unspecified atom stereocenters. The highest BCUT2D eigenvalue weighted by molar-refractivity contribution is 5.75. The van der Waals surface area contributed by atoms with Crippen LogP contribution in [-0.2, 0) is 17.9 Å². The fourth-order valence-electron chi connectivity index (χ4n) is 2.81. The Hall–Kier alpha value is -3.22. The van der Waals surface area contributed by atoms with E-state index in [0.717, 1.165) is 16.7 Å². The average Bonchev–Trinajstić information content (AvgIpc) is 3.04. The highest BCUT2D eigenvalue weighted by Gasteiger charge is 2.17. The van der Waals surface area contributed by atoms with Gasteiger partial charge in [0.1, 0.15) is 6.54 Å². The van der Waals surface area contributed by atoms with Crippen LogP contribution in [0.2, 0.25) is 0 Å². The van der Waals surface area contributed by atoms with E-state index in [-0.39, 0.29) is 12.5 Å². The highest BCUT2D eigenvalue weighted by Crippen LogP contribution is 2.08. The largest absolute Gasteiger partial charge is 0.368 e. The quantitative estimate of drug-likeness (QED) is 0.643. The lowest BCUT2D eigenvalue weighted by molar-refractivity contribution is -0.132. The Morgan fingerprint density at radius 3 is 2.41 bits per heavy atom. The molecule has 0 saturated carbocycles. The van der Waals surface area contributed by atoms with E-state index in [4.69, 9.17) is 0 Å². The summed E-state index contributed by atoms with van der Waals surface area (Å²) in [4.78, 5) is 27.0. The molecule has 140 valence electrons. The molecule has 0 radical (unpaired) electrons. The summed E-state index contributed by atoms with van der Waals surface area (Å²) >= 11 is 0. The number of hydrogen-bond donors (Lipinski definition) is 0. The van der Waals surface area contributed by atoms with Crippen molar-refractivity contribution >= 4 is 5.91 Å². The first-order chi connectivity index (χ1) is 13.1. The van der Waals surface area contributed by atoms with Crippen molar-refractivity contribution in [3.63, 3.8) is 0 Å². The van der Waals surface area contributed by atoms with Crippen LogP contribution < -0.4 is 5.69 Å². The molecule has 0 aliphatic carbocycles. The Morgan fingerprint density at radius 2 is 1.74 bits per heavy atom. The molecule has 2 aromatic carbocycles. The van der Waals surface area contributed by atoms with Gasteiger partial charge in [0.25, 0.3) is 0 Å². The molecule has 7 nitrogen and oxygen atoms in total. The Bertz CT molecular complexity index is 945. The van der Waals surface area contributed by atoms with Crippen molar-refractivity contribution in [1.82, 2.24) is 24.7 Å². The van der Waals surface area contributed by atoms with Crippen LogP contribution in [0, 0.1) is 6.92 Å².